The van der Waals surface area contributed by atoms with E-state index >= 15 is 0 Å². The Morgan fingerprint density at radius 3 is 3.08 bits per heavy atom. The minimum Gasteiger partial charge on any atom is -0.454 e. The first-order chi connectivity index (χ1) is 12.6. The first-order valence-corrected chi connectivity index (χ1v) is 10.3. The van der Waals surface area contributed by atoms with E-state index in [-0.39, 0.29) is 11.0 Å². The number of hydrogen-bond acceptors (Lipinski definition) is 5. The second-order valence-corrected chi connectivity index (χ2v) is 10.2. The van der Waals surface area contributed by atoms with E-state index in [1.807, 2.05) is 0 Å². The van der Waals surface area contributed by atoms with E-state index in [2.05, 4.69) is 22.3 Å². The Balaban J connectivity index is 1.49. The Kier molecular flexibility index (Phi) is 1.90. The molecule has 7 aliphatic rings. The van der Waals surface area contributed by atoms with E-state index in [0.717, 1.165) is 30.9 Å². The van der Waals surface area contributed by atoms with Crippen molar-refractivity contribution in [3.05, 3.63) is 17.7 Å². The molecule has 8 rings (SSSR count). The number of fused-ring (bicyclic) bond motifs is 3. The van der Waals surface area contributed by atoms with Crippen LogP contribution in [-0.4, -0.2) is 47.1 Å². The summed E-state index contributed by atoms with van der Waals surface area (Å²) in [6.45, 7) is 2.59. The average Bonchev–Trinajstić information content (AvgIpc) is 3.29. The third-order valence-electron chi connectivity index (χ3n) is 9.57. The van der Waals surface area contributed by atoms with E-state index in [9.17, 15) is 5.11 Å². The highest BCUT2D eigenvalue weighted by atomic mass is 16.7. The summed E-state index contributed by atoms with van der Waals surface area (Å²) >= 11 is 0. The molecule has 26 heavy (non-hydrogen) atoms. The Bertz CT molecular complexity index is 903. The highest BCUT2D eigenvalue weighted by Gasteiger charge is 2.86. The summed E-state index contributed by atoms with van der Waals surface area (Å²) in [4.78, 5) is 2.76. The van der Waals surface area contributed by atoms with Crippen LogP contribution in [0.1, 0.15) is 44.1 Å². The van der Waals surface area contributed by atoms with Crippen LogP contribution in [0, 0.1) is 11.3 Å². The summed E-state index contributed by atoms with van der Waals surface area (Å²) in [5.41, 5.74) is 2.44. The second kappa shape index (κ2) is 3.61. The minimum atomic E-state index is -0.507. The van der Waals surface area contributed by atoms with Crippen LogP contribution >= 0.6 is 0 Å². The topological polar surface area (TPSA) is 54.0 Å². The van der Waals surface area contributed by atoms with Crippen molar-refractivity contribution in [2.45, 2.75) is 61.1 Å². The molecule has 5 heteroatoms. The van der Waals surface area contributed by atoms with Gasteiger partial charge in [-0.15, -0.1) is 0 Å². The number of hydrogen-bond donors (Lipinski definition) is 2. The smallest absolute Gasteiger partial charge is 0.231 e. The molecule has 2 saturated heterocycles. The zero-order chi connectivity index (χ0) is 16.9. The van der Waals surface area contributed by atoms with Crippen molar-refractivity contribution in [1.29, 1.82) is 0 Å². The summed E-state index contributed by atoms with van der Waals surface area (Å²) < 4.78 is 11.6. The monoisotopic (exact) mass is 352 g/mol. The number of benzene rings is 1. The van der Waals surface area contributed by atoms with Gasteiger partial charge in [-0.1, -0.05) is 6.07 Å². The Hall–Kier alpha value is -1.46. The van der Waals surface area contributed by atoms with Crippen molar-refractivity contribution in [1.82, 2.24) is 4.90 Å². The normalized spacial score (nSPS) is 53.6. The van der Waals surface area contributed by atoms with Crippen LogP contribution in [0.25, 0.3) is 0 Å². The van der Waals surface area contributed by atoms with Gasteiger partial charge in [0.1, 0.15) is 0 Å². The predicted octanol–water partition coefficient (Wildman–Crippen LogP) is 2.23. The standard InChI is InChI=1S/C21H24N2O3/c24-19-9-18-4-1-7-23-8-14(19)21(17(18)23)12-2-3-13-16(26-11-25-13)15(12)22-20(21,10-19)6-5-18/h2-3,14,17,22,24H,1,4-11H2/t14?,17-,18+,19?,20+,21?/m0/s1. The number of piperidine rings is 1. The fourth-order valence-electron chi connectivity index (χ4n) is 9.38. The molecule has 3 unspecified atom stereocenters. The van der Waals surface area contributed by atoms with Crippen molar-refractivity contribution in [3.63, 3.8) is 0 Å². The fraction of sp³-hybridized carbons (Fsp3) is 0.714. The van der Waals surface area contributed by atoms with Crippen LogP contribution in [0.2, 0.25) is 0 Å². The lowest BCUT2D eigenvalue weighted by Gasteiger charge is -2.62. The van der Waals surface area contributed by atoms with E-state index in [1.54, 1.807) is 0 Å². The summed E-state index contributed by atoms with van der Waals surface area (Å²) in [5, 5.41) is 15.9. The van der Waals surface area contributed by atoms with E-state index in [1.165, 1.54) is 43.5 Å². The Morgan fingerprint density at radius 1 is 1.15 bits per heavy atom. The van der Waals surface area contributed by atoms with Gasteiger partial charge in [-0.3, -0.25) is 4.90 Å². The van der Waals surface area contributed by atoms with Crippen molar-refractivity contribution in [3.8, 4) is 11.5 Å². The Morgan fingerprint density at radius 2 is 2.12 bits per heavy atom. The van der Waals surface area contributed by atoms with Crippen molar-refractivity contribution in [2.24, 2.45) is 11.3 Å². The number of aliphatic hydroxyl groups is 1. The average molecular weight is 352 g/mol. The number of nitrogens with one attached hydrogen (secondary N) is 1. The summed E-state index contributed by atoms with van der Waals surface area (Å²) in [6.07, 6.45) is 6.95. The lowest BCUT2D eigenvalue weighted by atomic mass is 9.45. The molecular formula is C21H24N2O3. The molecule has 5 bridgehead atoms. The van der Waals surface area contributed by atoms with Gasteiger partial charge in [0.25, 0.3) is 0 Å². The second-order valence-electron chi connectivity index (χ2n) is 10.2. The molecule has 2 N–H and O–H groups in total. The van der Waals surface area contributed by atoms with Gasteiger partial charge in [-0.05, 0) is 55.7 Å². The van der Waals surface area contributed by atoms with Crippen molar-refractivity contribution >= 4 is 5.69 Å². The lowest BCUT2D eigenvalue weighted by molar-refractivity contribution is -0.113. The number of nitrogens with zero attached hydrogens (tertiary/aromatic N) is 1. The van der Waals surface area contributed by atoms with Gasteiger partial charge < -0.3 is 19.9 Å². The molecule has 5 nitrogen and oxygen atoms in total. The third-order valence-corrected chi connectivity index (χ3v) is 9.57. The maximum absolute atomic E-state index is 11.9. The van der Waals surface area contributed by atoms with Crippen LogP contribution in [-0.2, 0) is 5.41 Å². The van der Waals surface area contributed by atoms with Gasteiger partial charge in [-0.25, -0.2) is 0 Å². The maximum atomic E-state index is 11.9. The Labute approximate surface area is 152 Å². The number of rotatable bonds is 0. The quantitative estimate of drug-likeness (QED) is 0.750. The molecule has 5 fully saturated rings. The molecule has 1 aromatic rings. The maximum Gasteiger partial charge on any atom is 0.231 e. The summed E-state index contributed by atoms with van der Waals surface area (Å²) in [7, 11) is 0. The van der Waals surface area contributed by atoms with Gasteiger partial charge in [0.05, 0.1) is 16.8 Å². The minimum absolute atomic E-state index is 0.00736. The first-order valence-electron chi connectivity index (χ1n) is 10.3. The summed E-state index contributed by atoms with van der Waals surface area (Å²) in [6, 6.07) is 4.99. The van der Waals surface area contributed by atoms with Crippen molar-refractivity contribution < 1.29 is 14.6 Å². The van der Waals surface area contributed by atoms with E-state index < -0.39 is 5.60 Å². The van der Waals surface area contributed by atoms with Gasteiger partial charge in [-0.2, -0.15) is 0 Å². The van der Waals surface area contributed by atoms with Gasteiger partial charge >= 0.3 is 0 Å². The highest BCUT2D eigenvalue weighted by molar-refractivity contribution is 5.79. The third kappa shape index (κ3) is 1.06. The van der Waals surface area contributed by atoms with Crippen LogP contribution in [0.15, 0.2) is 12.1 Å². The van der Waals surface area contributed by atoms with E-state index in [4.69, 9.17) is 9.47 Å². The molecular weight excluding hydrogens is 328 g/mol. The van der Waals surface area contributed by atoms with Gasteiger partial charge in [0, 0.05) is 30.3 Å². The van der Waals surface area contributed by atoms with Gasteiger partial charge in [0.2, 0.25) is 6.79 Å². The molecule has 1 spiro atoms. The number of anilines is 1. The number of ether oxygens (including phenoxy) is 2. The molecule has 0 amide bonds. The molecule has 0 radical (unpaired) electrons. The largest absolute Gasteiger partial charge is 0.454 e. The molecule has 1 aromatic carbocycles. The SMILES string of the molecule is OC12C[C@@]34CCCN5CC1C1(c6ccc7c(c6N[C@]1(CC3)C2)OCO7)[C@@H]54. The van der Waals surface area contributed by atoms with Crippen LogP contribution in [0.3, 0.4) is 0 Å². The van der Waals surface area contributed by atoms with Crippen LogP contribution < -0.4 is 14.8 Å². The molecule has 6 atom stereocenters. The van der Waals surface area contributed by atoms with Gasteiger partial charge in [0.15, 0.2) is 11.5 Å². The molecule has 0 aromatic heterocycles. The molecule has 136 valence electrons. The lowest BCUT2D eigenvalue weighted by Crippen LogP contribution is -2.69. The zero-order valence-corrected chi connectivity index (χ0v) is 14.9. The van der Waals surface area contributed by atoms with Crippen LogP contribution in [0.4, 0.5) is 5.69 Å². The molecule has 3 saturated carbocycles. The molecule has 3 aliphatic carbocycles. The predicted molar refractivity (Wildman–Crippen MR) is 94.5 cm³/mol. The molecule has 4 aliphatic heterocycles. The van der Waals surface area contributed by atoms with E-state index in [0.29, 0.717) is 24.2 Å². The first kappa shape index (κ1) is 13.7. The van der Waals surface area contributed by atoms with Crippen molar-refractivity contribution in [2.75, 3.05) is 25.2 Å². The van der Waals surface area contributed by atoms with Crippen LogP contribution in [0.5, 0.6) is 11.5 Å². The fourth-order valence-corrected chi connectivity index (χ4v) is 9.38. The zero-order valence-electron chi connectivity index (χ0n) is 14.9. The molecule has 4 heterocycles. The highest BCUT2D eigenvalue weighted by Crippen LogP contribution is 2.81. The summed E-state index contributed by atoms with van der Waals surface area (Å²) in [5.74, 6) is 2.13.